The number of rotatable bonds is 7. The van der Waals surface area contributed by atoms with Gasteiger partial charge in [0.25, 0.3) is 5.56 Å². The Balaban J connectivity index is 1.30. The Bertz CT molecular complexity index is 1140. The molecule has 0 N–H and O–H groups in total. The van der Waals surface area contributed by atoms with Crippen LogP contribution in [0, 0.1) is 5.92 Å². The number of methoxy groups -OCH3 is 1. The Kier molecular flexibility index (Phi) is 7.00. The fourth-order valence-corrected chi connectivity index (χ4v) is 5.55. The zero-order chi connectivity index (χ0) is 24.4. The predicted molar refractivity (Wildman–Crippen MR) is 131 cm³/mol. The lowest BCUT2D eigenvalue weighted by atomic mass is 10.00. The first-order valence-corrected chi connectivity index (χ1v) is 12.6. The highest BCUT2D eigenvalue weighted by Crippen LogP contribution is 2.33. The molecule has 1 aromatic carbocycles. The number of ether oxygens (including phenoxy) is 4. The van der Waals surface area contributed by atoms with E-state index in [1.54, 1.807) is 4.57 Å². The van der Waals surface area contributed by atoms with Crippen LogP contribution in [0.1, 0.15) is 54.2 Å². The highest BCUT2D eigenvalue weighted by molar-refractivity contribution is 5.93. The molecule has 8 nitrogen and oxygen atoms in total. The third-order valence-electron chi connectivity index (χ3n) is 7.26. The summed E-state index contributed by atoms with van der Waals surface area (Å²) in [5.41, 5.74) is 2.24. The maximum absolute atomic E-state index is 13.0. The van der Waals surface area contributed by atoms with Crippen molar-refractivity contribution in [3.8, 4) is 17.2 Å². The molecular weight excluding hydrogens is 448 g/mol. The second-order valence-corrected chi connectivity index (χ2v) is 9.88. The number of carbonyl (C=O) groups is 1. The Morgan fingerprint density at radius 3 is 2.71 bits per heavy atom. The maximum atomic E-state index is 13.0. The first-order valence-electron chi connectivity index (χ1n) is 12.6. The number of hydrogen-bond acceptors (Lipinski definition) is 7. The van der Waals surface area contributed by atoms with Crippen LogP contribution in [0.3, 0.4) is 0 Å². The van der Waals surface area contributed by atoms with Crippen LogP contribution in [0.15, 0.2) is 29.1 Å². The van der Waals surface area contributed by atoms with Crippen molar-refractivity contribution in [3.63, 3.8) is 0 Å². The molecule has 1 fully saturated rings. The van der Waals surface area contributed by atoms with E-state index in [1.807, 2.05) is 6.07 Å². The first-order chi connectivity index (χ1) is 17.0. The molecule has 2 aromatic rings. The average Bonchev–Trinajstić information content (AvgIpc) is 3.48. The summed E-state index contributed by atoms with van der Waals surface area (Å²) in [7, 11) is 1.38. The van der Waals surface area contributed by atoms with E-state index < -0.39 is 5.97 Å². The number of hydrogen-bond donors (Lipinski definition) is 0. The van der Waals surface area contributed by atoms with E-state index in [0.29, 0.717) is 30.2 Å². The molecule has 0 unspecified atom stereocenters. The van der Waals surface area contributed by atoms with Crippen LogP contribution in [0.25, 0.3) is 0 Å². The quantitative estimate of drug-likeness (QED) is 0.560. The van der Waals surface area contributed by atoms with Crippen LogP contribution in [-0.4, -0.2) is 55.1 Å². The smallest absolute Gasteiger partial charge is 0.343 e. The van der Waals surface area contributed by atoms with Crippen molar-refractivity contribution in [1.82, 2.24) is 9.47 Å². The molecular formula is C27H34N2O6. The zero-order valence-corrected chi connectivity index (χ0v) is 20.6. The average molecular weight is 483 g/mol. The number of fused-ring (bicyclic) bond motifs is 2. The minimum absolute atomic E-state index is 0.0557. The van der Waals surface area contributed by atoms with E-state index in [4.69, 9.17) is 18.9 Å². The summed E-state index contributed by atoms with van der Waals surface area (Å²) in [6.45, 7) is 5.48. The predicted octanol–water partition coefficient (Wildman–Crippen LogP) is 3.42. The Labute approximate surface area is 205 Å². The lowest BCUT2D eigenvalue weighted by Gasteiger charge is -2.23. The zero-order valence-electron chi connectivity index (χ0n) is 20.6. The topological polar surface area (TPSA) is 79.2 Å². The molecule has 0 bridgehead atoms. The molecule has 3 heterocycles. The summed E-state index contributed by atoms with van der Waals surface area (Å²) in [6, 6.07) is 7.60. The van der Waals surface area contributed by atoms with Crippen LogP contribution in [-0.2, 0) is 24.1 Å². The molecule has 1 atom stereocenters. The van der Waals surface area contributed by atoms with Gasteiger partial charge in [-0.15, -0.1) is 0 Å². The van der Waals surface area contributed by atoms with Gasteiger partial charge in [-0.3, -0.25) is 4.79 Å². The molecule has 0 radical (unpaired) electrons. The summed E-state index contributed by atoms with van der Waals surface area (Å²) >= 11 is 0. The molecule has 188 valence electrons. The van der Waals surface area contributed by atoms with Crippen LogP contribution in [0.4, 0.5) is 0 Å². The molecule has 0 spiro atoms. The Morgan fingerprint density at radius 1 is 1.11 bits per heavy atom. The monoisotopic (exact) mass is 482 g/mol. The van der Waals surface area contributed by atoms with Crippen LogP contribution in [0.5, 0.6) is 17.2 Å². The van der Waals surface area contributed by atoms with Crippen molar-refractivity contribution in [1.29, 1.82) is 0 Å². The number of esters is 1. The van der Waals surface area contributed by atoms with E-state index >= 15 is 0 Å². The van der Waals surface area contributed by atoms with Gasteiger partial charge in [0, 0.05) is 44.4 Å². The number of benzene rings is 1. The van der Waals surface area contributed by atoms with Gasteiger partial charge in [-0.2, -0.15) is 0 Å². The van der Waals surface area contributed by atoms with Gasteiger partial charge in [-0.25, -0.2) is 4.79 Å². The fourth-order valence-electron chi connectivity index (χ4n) is 5.55. The largest absolute Gasteiger partial charge is 0.489 e. The molecule has 8 heteroatoms. The molecule has 0 saturated heterocycles. The second-order valence-electron chi connectivity index (χ2n) is 9.88. The second kappa shape index (κ2) is 10.3. The van der Waals surface area contributed by atoms with Crippen molar-refractivity contribution in [2.45, 2.75) is 58.1 Å². The molecule has 1 saturated carbocycles. The summed E-state index contributed by atoms with van der Waals surface area (Å²) in [6.07, 6.45) is 5.70. The van der Waals surface area contributed by atoms with Gasteiger partial charge in [0.15, 0.2) is 11.5 Å². The molecule has 1 aliphatic carbocycles. The van der Waals surface area contributed by atoms with E-state index in [9.17, 15) is 9.59 Å². The van der Waals surface area contributed by atoms with Crippen molar-refractivity contribution in [2.24, 2.45) is 5.92 Å². The molecule has 3 aliphatic rings. The van der Waals surface area contributed by atoms with Gasteiger partial charge < -0.3 is 28.4 Å². The van der Waals surface area contributed by atoms with E-state index in [-0.39, 0.29) is 18.5 Å². The highest BCUT2D eigenvalue weighted by atomic mass is 16.7. The lowest BCUT2D eigenvalue weighted by molar-refractivity contribution is 0.0590. The number of pyridine rings is 1. The van der Waals surface area contributed by atoms with Gasteiger partial charge in [0.05, 0.1) is 13.2 Å². The van der Waals surface area contributed by atoms with Crippen molar-refractivity contribution >= 4 is 5.97 Å². The van der Waals surface area contributed by atoms with Crippen LogP contribution in [0.2, 0.25) is 0 Å². The van der Waals surface area contributed by atoms with E-state index in [0.717, 1.165) is 68.9 Å². The first kappa shape index (κ1) is 23.7. The third kappa shape index (κ3) is 5.17. The van der Waals surface area contributed by atoms with Crippen molar-refractivity contribution in [2.75, 3.05) is 33.5 Å². The highest BCUT2D eigenvalue weighted by Gasteiger charge is 2.28. The molecule has 35 heavy (non-hydrogen) atoms. The summed E-state index contributed by atoms with van der Waals surface area (Å²) in [5, 5.41) is 0. The van der Waals surface area contributed by atoms with Gasteiger partial charge in [0.1, 0.15) is 11.3 Å². The van der Waals surface area contributed by atoms with Crippen molar-refractivity contribution in [3.05, 3.63) is 51.4 Å². The van der Waals surface area contributed by atoms with Crippen LogP contribution >= 0.6 is 0 Å². The minimum atomic E-state index is -0.439. The summed E-state index contributed by atoms with van der Waals surface area (Å²) in [4.78, 5) is 28.2. The van der Waals surface area contributed by atoms with Gasteiger partial charge in [-0.05, 0) is 55.7 Å². The standard InChI is InChI=1S/C27H34N2O6/c1-18(13-19-7-8-22-23(14-19)34-17-33-22)16-28-10-9-21-26(27(31)32-2)24(35-20-5-3-4-6-20)15-25(30)29(21)12-11-28/h7-8,14-15,18,20H,3-6,9-13,16-17H2,1-2H3/t18-/m1/s1. The maximum Gasteiger partial charge on any atom is 0.343 e. The molecule has 1 aromatic heterocycles. The van der Waals surface area contributed by atoms with Gasteiger partial charge in [-0.1, -0.05) is 13.0 Å². The molecule has 0 amide bonds. The number of aromatic nitrogens is 1. The Morgan fingerprint density at radius 2 is 1.91 bits per heavy atom. The fraction of sp³-hybridized carbons (Fsp3) is 0.556. The summed E-state index contributed by atoms with van der Waals surface area (Å²) < 4.78 is 23.9. The summed E-state index contributed by atoms with van der Waals surface area (Å²) in [5.74, 6) is 1.96. The van der Waals surface area contributed by atoms with Crippen LogP contribution < -0.4 is 19.8 Å². The molecule has 5 rings (SSSR count). The van der Waals surface area contributed by atoms with E-state index in [2.05, 4.69) is 24.0 Å². The van der Waals surface area contributed by atoms with Gasteiger partial charge >= 0.3 is 5.97 Å². The SMILES string of the molecule is COC(=O)c1c(OC2CCCC2)cc(=O)n2c1CCN(C[C@H](C)Cc1ccc3c(c1)OCO3)CC2. The van der Waals surface area contributed by atoms with Gasteiger partial charge in [0.2, 0.25) is 6.79 Å². The number of carbonyl (C=O) groups excluding carboxylic acids is 1. The van der Waals surface area contributed by atoms with Crippen molar-refractivity contribution < 1.29 is 23.7 Å². The number of nitrogens with zero attached hydrogens (tertiary/aromatic N) is 2. The third-order valence-corrected chi connectivity index (χ3v) is 7.26. The normalized spacial score (nSPS) is 18.7. The lowest BCUT2D eigenvalue weighted by Crippen LogP contribution is -2.32. The van der Waals surface area contributed by atoms with E-state index in [1.165, 1.54) is 18.7 Å². The Hall–Kier alpha value is -3.00. The molecule has 2 aliphatic heterocycles. The minimum Gasteiger partial charge on any atom is -0.489 e.